The third kappa shape index (κ3) is 3.09. The van der Waals surface area contributed by atoms with Crippen LogP contribution in [-0.2, 0) is 6.54 Å². The summed E-state index contributed by atoms with van der Waals surface area (Å²) in [4.78, 5) is 16.2. The number of hydrogen-bond acceptors (Lipinski definition) is 6. The lowest BCUT2D eigenvalue weighted by Gasteiger charge is -2.34. The van der Waals surface area contributed by atoms with Gasteiger partial charge in [-0.25, -0.2) is 4.98 Å². The lowest BCUT2D eigenvalue weighted by atomic mass is 10.1. The van der Waals surface area contributed by atoms with Gasteiger partial charge in [0.2, 0.25) is 5.95 Å². The zero-order valence-electron chi connectivity index (χ0n) is 15.0. The van der Waals surface area contributed by atoms with E-state index < -0.39 is 0 Å². The van der Waals surface area contributed by atoms with Crippen molar-refractivity contribution in [3.63, 3.8) is 0 Å². The van der Waals surface area contributed by atoms with Crippen molar-refractivity contribution >= 4 is 23.7 Å². The molecule has 2 aliphatic rings. The Kier molecular flexibility index (Phi) is 4.13. The summed E-state index contributed by atoms with van der Waals surface area (Å²) >= 11 is 0. The van der Waals surface area contributed by atoms with Crippen LogP contribution in [0.4, 0.5) is 17.5 Å². The lowest BCUT2D eigenvalue weighted by molar-refractivity contribution is 0.492. The lowest BCUT2D eigenvalue weighted by Crippen LogP contribution is -2.50. The van der Waals surface area contributed by atoms with Gasteiger partial charge in [0.15, 0.2) is 0 Å². The van der Waals surface area contributed by atoms with E-state index in [2.05, 4.69) is 52.6 Å². The Hall–Kier alpha value is -2.47. The zero-order valence-corrected chi connectivity index (χ0v) is 15.0. The van der Waals surface area contributed by atoms with E-state index >= 15 is 0 Å². The van der Waals surface area contributed by atoms with Gasteiger partial charge in [-0.1, -0.05) is 6.07 Å². The first-order valence-electron chi connectivity index (χ1n) is 8.84. The van der Waals surface area contributed by atoms with Gasteiger partial charge in [0.25, 0.3) is 0 Å². The highest BCUT2D eigenvalue weighted by Gasteiger charge is 2.22. The minimum Gasteiger partial charge on any atom is -0.340 e. The van der Waals surface area contributed by atoms with Crippen molar-refractivity contribution in [2.24, 2.45) is 4.99 Å². The summed E-state index contributed by atoms with van der Waals surface area (Å²) in [6.07, 6.45) is 1.94. The second-order valence-corrected chi connectivity index (χ2v) is 6.84. The van der Waals surface area contributed by atoms with Crippen molar-refractivity contribution in [1.82, 2.24) is 15.3 Å². The molecule has 130 valence electrons. The first-order chi connectivity index (χ1) is 12.1. The predicted octanol–water partition coefficient (Wildman–Crippen LogP) is 2.57. The molecule has 1 unspecified atom stereocenters. The summed E-state index contributed by atoms with van der Waals surface area (Å²) in [6.45, 7) is 9.96. The van der Waals surface area contributed by atoms with Crippen LogP contribution in [0.2, 0.25) is 0 Å². The summed E-state index contributed by atoms with van der Waals surface area (Å²) in [5, 5.41) is 6.90. The third-order valence-corrected chi connectivity index (χ3v) is 5.04. The van der Waals surface area contributed by atoms with Crippen LogP contribution in [0.15, 0.2) is 23.2 Å². The van der Waals surface area contributed by atoms with E-state index in [1.807, 2.05) is 13.1 Å². The molecule has 1 atom stereocenters. The van der Waals surface area contributed by atoms with Crippen LogP contribution in [0.5, 0.6) is 0 Å². The highest BCUT2D eigenvalue weighted by Crippen LogP contribution is 2.26. The number of benzene rings is 1. The number of fused-ring (bicyclic) bond motifs is 1. The van der Waals surface area contributed by atoms with E-state index in [1.165, 1.54) is 11.1 Å². The number of anilines is 3. The van der Waals surface area contributed by atoms with Crippen LogP contribution in [0.1, 0.15) is 29.3 Å². The van der Waals surface area contributed by atoms with Crippen LogP contribution in [0.25, 0.3) is 0 Å². The van der Waals surface area contributed by atoms with E-state index in [0.717, 1.165) is 54.9 Å². The van der Waals surface area contributed by atoms with E-state index in [9.17, 15) is 0 Å². The van der Waals surface area contributed by atoms with Gasteiger partial charge >= 0.3 is 0 Å². The molecular formula is C19H24N6. The van der Waals surface area contributed by atoms with E-state index in [1.54, 1.807) is 0 Å². The Balaban J connectivity index is 1.65. The Labute approximate surface area is 148 Å². The van der Waals surface area contributed by atoms with Crippen LogP contribution >= 0.6 is 0 Å². The largest absolute Gasteiger partial charge is 0.340 e. The van der Waals surface area contributed by atoms with Gasteiger partial charge in [0.05, 0.1) is 6.54 Å². The number of piperazine rings is 1. The van der Waals surface area contributed by atoms with Crippen molar-refractivity contribution in [2.45, 2.75) is 33.4 Å². The quantitative estimate of drug-likeness (QED) is 0.902. The van der Waals surface area contributed by atoms with Crippen molar-refractivity contribution in [3.8, 4) is 0 Å². The number of aliphatic imine (C=N–C) groups is 1. The maximum atomic E-state index is 4.84. The van der Waals surface area contributed by atoms with Crippen LogP contribution in [0, 0.1) is 13.8 Å². The van der Waals surface area contributed by atoms with Crippen LogP contribution in [-0.4, -0.2) is 41.9 Å². The summed E-state index contributed by atoms with van der Waals surface area (Å²) in [6, 6.07) is 6.75. The van der Waals surface area contributed by atoms with Gasteiger partial charge in [-0.15, -0.1) is 0 Å². The molecule has 0 radical (unpaired) electrons. The fraction of sp³-hybridized carbons (Fsp3) is 0.421. The molecule has 0 saturated carbocycles. The van der Waals surface area contributed by atoms with Gasteiger partial charge in [-0.3, -0.25) is 4.99 Å². The van der Waals surface area contributed by atoms with Gasteiger partial charge in [0, 0.05) is 48.8 Å². The molecule has 2 aromatic rings. The monoisotopic (exact) mass is 336 g/mol. The third-order valence-electron chi connectivity index (χ3n) is 5.04. The Morgan fingerprint density at radius 2 is 2.12 bits per heavy atom. The standard InChI is InChI=1S/C19H24N6/c1-12-9-20-6-7-25(12)19-22-14(3)13(2)18(24-19)23-17-5-4-15-10-21-11-16(15)8-17/h4-5,8,11-12,20H,6-7,9-10H2,1-3H3,(H,22,23,24). The van der Waals surface area contributed by atoms with Crippen molar-refractivity contribution in [2.75, 3.05) is 29.9 Å². The van der Waals surface area contributed by atoms with E-state index in [4.69, 9.17) is 9.97 Å². The molecular weight excluding hydrogens is 312 g/mol. The molecule has 4 rings (SSSR count). The number of aryl methyl sites for hydroxylation is 1. The van der Waals surface area contributed by atoms with Gasteiger partial charge < -0.3 is 15.5 Å². The molecule has 0 amide bonds. The average molecular weight is 336 g/mol. The fourth-order valence-corrected chi connectivity index (χ4v) is 3.32. The number of hydrogen-bond donors (Lipinski definition) is 2. The van der Waals surface area contributed by atoms with Crippen LogP contribution < -0.4 is 15.5 Å². The van der Waals surface area contributed by atoms with E-state index in [0.29, 0.717) is 6.04 Å². The number of rotatable bonds is 3. The van der Waals surface area contributed by atoms with E-state index in [-0.39, 0.29) is 0 Å². The van der Waals surface area contributed by atoms with Crippen molar-refractivity contribution in [1.29, 1.82) is 0 Å². The maximum absolute atomic E-state index is 4.84. The zero-order chi connectivity index (χ0) is 17.4. The minimum atomic E-state index is 0.389. The Morgan fingerprint density at radius 1 is 1.24 bits per heavy atom. The first-order valence-corrected chi connectivity index (χ1v) is 8.84. The molecule has 6 nitrogen and oxygen atoms in total. The van der Waals surface area contributed by atoms with Gasteiger partial charge in [-0.2, -0.15) is 4.98 Å². The molecule has 6 heteroatoms. The summed E-state index contributed by atoms with van der Waals surface area (Å²) in [5.41, 5.74) is 5.59. The second-order valence-electron chi connectivity index (χ2n) is 6.84. The van der Waals surface area contributed by atoms with Gasteiger partial charge in [-0.05, 0) is 44.0 Å². The second kappa shape index (κ2) is 6.44. The molecule has 3 heterocycles. The predicted molar refractivity (Wildman–Crippen MR) is 102 cm³/mol. The number of aromatic nitrogens is 2. The summed E-state index contributed by atoms with van der Waals surface area (Å²) in [7, 11) is 0. The molecule has 0 aliphatic carbocycles. The molecule has 1 saturated heterocycles. The molecule has 1 aromatic heterocycles. The molecule has 0 bridgehead atoms. The number of nitrogens with zero attached hydrogens (tertiary/aromatic N) is 4. The summed E-state index contributed by atoms with van der Waals surface area (Å²) < 4.78 is 0. The van der Waals surface area contributed by atoms with Gasteiger partial charge in [0.1, 0.15) is 5.82 Å². The molecule has 25 heavy (non-hydrogen) atoms. The molecule has 1 fully saturated rings. The number of nitrogens with one attached hydrogen (secondary N) is 2. The highest BCUT2D eigenvalue weighted by atomic mass is 15.3. The fourth-order valence-electron chi connectivity index (χ4n) is 3.32. The Morgan fingerprint density at radius 3 is 2.96 bits per heavy atom. The topological polar surface area (TPSA) is 65.4 Å². The first kappa shape index (κ1) is 16.0. The normalized spacial score (nSPS) is 19.2. The summed E-state index contributed by atoms with van der Waals surface area (Å²) in [5.74, 6) is 1.69. The molecule has 0 spiro atoms. The highest BCUT2D eigenvalue weighted by molar-refractivity contribution is 5.86. The molecule has 2 aliphatic heterocycles. The maximum Gasteiger partial charge on any atom is 0.227 e. The molecule has 1 aromatic carbocycles. The molecule has 2 N–H and O–H groups in total. The Bertz CT molecular complexity index is 829. The minimum absolute atomic E-state index is 0.389. The average Bonchev–Trinajstić information content (AvgIpc) is 3.07. The SMILES string of the molecule is Cc1nc(N2CCNCC2C)nc(Nc2ccc3c(c2)C=NC3)c1C. The van der Waals surface area contributed by atoms with Crippen molar-refractivity contribution < 1.29 is 0 Å². The van der Waals surface area contributed by atoms with Crippen LogP contribution in [0.3, 0.4) is 0 Å². The smallest absolute Gasteiger partial charge is 0.227 e. The van der Waals surface area contributed by atoms with Crippen molar-refractivity contribution in [3.05, 3.63) is 40.6 Å².